The normalized spacial score (nSPS) is 12.8. The van der Waals surface area contributed by atoms with Crippen molar-refractivity contribution in [3.63, 3.8) is 0 Å². The molecule has 0 fully saturated rings. The maximum atomic E-state index is 9.75. The van der Waals surface area contributed by atoms with Crippen LogP contribution in [-0.2, 0) is 0 Å². The van der Waals surface area contributed by atoms with E-state index in [0.29, 0.717) is 16.8 Å². The minimum Gasteiger partial charge on any atom is -0.311 e. The van der Waals surface area contributed by atoms with Gasteiger partial charge in [0.25, 0.3) is 0 Å². The Labute approximate surface area is 393 Å². The second kappa shape index (κ2) is 17.7. The lowest BCUT2D eigenvalue weighted by molar-refractivity contribution is 1.28. The summed E-state index contributed by atoms with van der Waals surface area (Å²) >= 11 is 0. The molecule has 11 aromatic rings. The van der Waals surface area contributed by atoms with Gasteiger partial charge in [-0.15, -0.1) is 0 Å². The maximum Gasteiger partial charge on any atom is 0.0645 e. The molecule has 0 spiro atoms. The zero-order valence-corrected chi connectivity index (χ0v) is 35.3. The number of fused-ring (bicyclic) bond motifs is 1. The summed E-state index contributed by atoms with van der Waals surface area (Å²) in [5.74, 6) is 0. The summed E-state index contributed by atoms with van der Waals surface area (Å²) in [5.41, 5.74) is 10.6. The fourth-order valence-corrected chi connectivity index (χ4v) is 8.49. The van der Waals surface area contributed by atoms with Gasteiger partial charge >= 0.3 is 0 Å². The minimum atomic E-state index is -0.407. The molecular weight excluding hydrogens is 783 g/mol. The van der Waals surface area contributed by atoms with Crippen LogP contribution in [0.1, 0.15) is 11.0 Å². The van der Waals surface area contributed by atoms with E-state index < -0.39 is 24.2 Å². The van der Waals surface area contributed by atoms with E-state index in [0.717, 1.165) is 66.4 Å². The first kappa shape index (κ1) is 31.3. The highest BCUT2D eigenvalue weighted by atomic mass is 15.1. The Morgan fingerprint density at radius 3 is 1.11 bits per heavy atom. The van der Waals surface area contributed by atoms with Crippen LogP contribution in [0, 0.1) is 0 Å². The SMILES string of the molecule is [2H]c1c([2H])c(N(c2ccc(-c3cc(-c4ccccc4)cc(-c4ccccc4)c3)cc2)c2c([2H])c([2H])c(-c3cccc(-c4cccc5ccccc45)c3)c([2H])c2[2H])c([2H])c([2H])c1-c1cccc(-c2ccccc2)c1. The number of hydrogen-bond acceptors (Lipinski definition) is 1. The van der Waals surface area contributed by atoms with Crippen molar-refractivity contribution in [3.8, 4) is 77.9 Å². The lowest BCUT2D eigenvalue weighted by Crippen LogP contribution is -2.09. The van der Waals surface area contributed by atoms with Crippen LogP contribution in [0.3, 0.4) is 0 Å². The van der Waals surface area contributed by atoms with Crippen molar-refractivity contribution in [1.29, 1.82) is 0 Å². The van der Waals surface area contributed by atoms with Crippen LogP contribution in [0.4, 0.5) is 17.1 Å². The molecule has 0 amide bonds. The Hall–Kier alpha value is -8.52. The molecule has 0 unspecified atom stereocenters. The summed E-state index contributed by atoms with van der Waals surface area (Å²) in [4.78, 5) is 1.36. The topological polar surface area (TPSA) is 3.24 Å². The fraction of sp³-hybridized carbons (Fsp3) is 0. The van der Waals surface area contributed by atoms with E-state index >= 15 is 0 Å². The molecule has 0 N–H and O–H groups in total. The molecule has 0 saturated heterocycles. The number of hydrogen-bond donors (Lipinski definition) is 0. The van der Waals surface area contributed by atoms with Crippen LogP contribution in [0.25, 0.3) is 88.7 Å². The first-order valence-electron chi connectivity index (χ1n) is 25.7. The van der Waals surface area contributed by atoms with Gasteiger partial charge in [-0.25, -0.2) is 0 Å². The zero-order chi connectivity index (χ0) is 50.3. The average Bonchev–Trinajstić information content (AvgIpc) is 3.44. The minimum absolute atomic E-state index is 0.0943. The van der Waals surface area contributed by atoms with Crippen LogP contribution in [0.15, 0.2) is 273 Å². The summed E-state index contributed by atoms with van der Waals surface area (Å²) in [5, 5.41) is 2.10. The monoisotopic (exact) mass is 835 g/mol. The van der Waals surface area contributed by atoms with Gasteiger partial charge in [0.05, 0.1) is 11.0 Å². The molecule has 11 rings (SSSR count). The van der Waals surface area contributed by atoms with Crippen LogP contribution in [0.5, 0.6) is 0 Å². The number of benzene rings is 11. The lowest BCUT2D eigenvalue weighted by Gasteiger charge is -2.26. The molecule has 1 heteroatoms. The molecule has 0 aliphatic heterocycles. The summed E-state index contributed by atoms with van der Waals surface area (Å²) < 4.78 is 77.2. The Kier molecular flexibility index (Phi) is 8.53. The molecule has 0 aliphatic rings. The average molecular weight is 836 g/mol. The van der Waals surface area contributed by atoms with E-state index in [4.69, 9.17) is 0 Å². The fourth-order valence-electron chi connectivity index (χ4n) is 8.49. The van der Waals surface area contributed by atoms with Gasteiger partial charge in [0.2, 0.25) is 0 Å². The Morgan fingerprint density at radius 1 is 0.231 bits per heavy atom. The predicted octanol–water partition coefficient (Wildman–Crippen LogP) is 18.0. The summed E-state index contributed by atoms with van der Waals surface area (Å²) in [6.07, 6.45) is 0. The number of rotatable bonds is 10. The molecule has 1 nitrogen and oxygen atoms in total. The molecule has 0 aromatic heterocycles. The highest BCUT2D eigenvalue weighted by Gasteiger charge is 2.16. The predicted molar refractivity (Wildman–Crippen MR) is 277 cm³/mol. The molecule has 0 bridgehead atoms. The van der Waals surface area contributed by atoms with E-state index in [1.54, 1.807) is 24.3 Å². The van der Waals surface area contributed by atoms with Crippen LogP contribution in [0.2, 0.25) is 0 Å². The summed E-state index contributed by atoms with van der Waals surface area (Å²) in [6, 6.07) is 69.8. The van der Waals surface area contributed by atoms with Crippen molar-refractivity contribution in [3.05, 3.63) is 273 Å². The molecule has 0 atom stereocenters. The van der Waals surface area contributed by atoms with Crippen LogP contribution < -0.4 is 4.90 Å². The van der Waals surface area contributed by atoms with Gasteiger partial charge in [-0.2, -0.15) is 0 Å². The summed E-state index contributed by atoms with van der Waals surface area (Å²) in [6.45, 7) is 0. The maximum absolute atomic E-state index is 9.75. The van der Waals surface area contributed by atoms with Crippen molar-refractivity contribution < 1.29 is 11.0 Å². The standard InChI is InChI=1S/C64H45N/c1-4-15-46(16-5-1)53-23-12-24-54(41-53)49-29-35-60(36-30-49)65(61-37-31-50(32-38-61)55-25-13-26-56(42-55)64-28-14-22-52-21-10-11-27-63(52)64)62-39-33-51(34-40-62)59-44-57(47-17-6-2-7-18-47)43-58(45-59)48-19-8-3-9-20-48/h1-45H/i29D,30D,31D,32D,35D,36D,37D,38D. The van der Waals surface area contributed by atoms with Crippen molar-refractivity contribution in [2.75, 3.05) is 4.90 Å². The van der Waals surface area contributed by atoms with E-state index in [1.165, 1.54) is 4.90 Å². The molecule has 0 aliphatic carbocycles. The third-order valence-electron chi connectivity index (χ3n) is 11.8. The van der Waals surface area contributed by atoms with Gasteiger partial charge in [-0.3, -0.25) is 0 Å². The van der Waals surface area contributed by atoms with E-state index in [9.17, 15) is 11.0 Å². The first-order valence-corrected chi connectivity index (χ1v) is 21.7. The molecular formula is C64H45N. The Bertz CT molecular complexity index is 3760. The second-order valence-electron chi connectivity index (χ2n) is 15.9. The molecule has 0 saturated carbocycles. The van der Waals surface area contributed by atoms with E-state index in [2.05, 4.69) is 42.5 Å². The zero-order valence-electron chi connectivity index (χ0n) is 43.3. The Balaban J connectivity index is 1.09. The highest BCUT2D eigenvalue weighted by molar-refractivity contribution is 5.97. The first-order chi connectivity index (χ1) is 35.5. The molecule has 65 heavy (non-hydrogen) atoms. The van der Waals surface area contributed by atoms with Crippen molar-refractivity contribution in [1.82, 2.24) is 0 Å². The summed E-state index contributed by atoms with van der Waals surface area (Å²) in [7, 11) is 0. The smallest absolute Gasteiger partial charge is 0.0645 e. The second-order valence-corrected chi connectivity index (χ2v) is 15.9. The Morgan fingerprint density at radius 2 is 0.585 bits per heavy atom. The molecule has 11 aromatic carbocycles. The molecule has 0 radical (unpaired) electrons. The van der Waals surface area contributed by atoms with Crippen LogP contribution >= 0.6 is 0 Å². The van der Waals surface area contributed by atoms with Crippen molar-refractivity contribution >= 4 is 27.8 Å². The molecule has 0 heterocycles. The van der Waals surface area contributed by atoms with Crippen molar-refractivity contribution in [2.24, 2.45) is 0 Å². The quantitative estimate of drug-likeness (QED) is 0.133. The third kappa shape index (κ3) is 8.27. The van der Waals surface area contributed by atoms with Crippen molar-refractivity contribution in [2.45, 2.75) is 0 Å². The molecule has 306 valence electrons. The van der Waals surface area contributed by atoms with Gasteiger partial charge < -0.3 is 4.90 Å². The van der Waals surface area contributed by atoms with E-state index in [1.807, 2.05) is 158 Å². The highest BCUT2D eigenvalue weighted by Crippen LogP contribution is 2.40. The van der Waals surface area contributed by atoms with Gasteiger partial charge in [-0.05, 0) is 155 Å². The van der Waals surface area contributed by atoms with Gasteiger partial charge in [0.15, 0.2) is 0 Å². The van der Waals surface area contributed by atoms with Gasteiger partial charge in [0, 0.05) is 17.1 Å². The van der Waals surface area contributed by atoms with Crippen LogP contribution in [-0.4, -0.2) is 0 Å². The van der Waals surface area contributed by atoms with E-state index in [-0.39, 0.29) is 46.7 Å². The number of anilines is 3. The number of nitrogens with zero attached hydrogens (tertiary/aromatic N) is 1. The largest absolute Gasteiger partial charge is 0.311 e. The third-order valence-corrected chi connectivity index (χ3v) is 11.8. The van der Waals surface area contributed by atoms with Gasteiger partial charge in [0.1, 0.15) is 0 Å². The lowest BCUT2D eigenvalue weighted by atomic mass is 9.93. The van der Waals surface area contributed by atoms with Gasteiger partial charge in [-0.1, -0.05) is 206 Å².